The van der Waals surface area contributed by atoms with E-state index in [1.165, 1.54) is 23.5 Å². The number of aliphatic imine (C=N–C) groups is 1. The molecule has 4 rings (SSSR count). The van der Waals surface area contributed by atoms with Crippen molar-refractivity contribution in [3.63, 3.8) is 0 Å². The van der Waals surface area contributed by atoms with E-state index in [0.717, 1.165) is 23.8 Å². The SMILES string of the molecule is CCOC(=O)C1=C(CN2CCOCC2)NC(c2nc(C)cs2)=N[C@H]1c1ccc(F)cc1Br. The summed E-state index contributed by atoms with van der Waals surface area (Å²) in [6.07, 6.45) is 0. The molecule has 1 aromatic carbocycles. The number of rotatable bonds is 6. The number of hydrogen-bond donors (Lipinski definition) is 1. The fourth-order valence-corrected chi connectivity index (χ4v) is 4.99. The van der Waals surface area contributed by atoms with Crippen LogP contribution < -0.4 is 5.32 Å². The molecule has 3 heterocycles. The average molecular weight is 523 g/mol. The topological polar surface area (TPSA) is 76.0 Å². The molecule has 0 saturated carbocycles. The van der Waals surface area contributed by atoms with Crippen LogP contribution in [0.2, 0.25) is 0 Å². The molecule has 2 aromatic rings. The minimum absolute atomic E-state index is 0.243. The Balaban J connectivity index is 1.82. The van der Waals surface area contributed by atoms with E-state index in [4.69, 9.17) is 14.5 Å². The molecule has 1 N–H and O–H groups in total. The zero-order valence-corrected chi connectivity index (χ0v) is 20.3. The summed E-state index contributed by atoms with van der Waals surface area (Å²) in [5, 5.41) is 6.04. The van der Waals surface area contributed by atoms with Gasteiger partial charge in [0.2, 0.25) is 0 Å². The van der Waals surface area contributed by atoms with Crippen molar-refractivity contribution in [1.29, 1.82) is 0 Å². The molecule has 1 fully saturated rings. The predicted octanol–water partition coefficient (Wildman–Crippen LogP) is 3.59. The van der Waals surface area contributed by atoms with E-state index in [1.54, 1.807) is 13.0 Å². The normalized spacial score (nSPS) is 19.5. The van der Waals surface area contributed by atoms with E-state index in [0.29, 0.717) is 46.9 Å². The van der Waals surface area contributed by atoms with Gasteiger partial charge in [0.1, 0.15) is 11.9 Å². The zero-order chi connectivity index (χ0) is 22.7. The van der Waals surface area contributed by atoms with Gasteiger partial charge in [0.15, 0.2) is 10.8 Å². The smallest absolute Gasteiger partial charge is 0.338 e. The monoisotopic (exact) mass is 522 g/mol. The highest BCUT2D eigenvalue weighted by Crippen LogP contribution is 2.37. The third kappa shape index (κ3) is 5.09. The second-order valence-electron chi connectivity index (χ2n) is 7.47. The van der Waals surface area contributed by atoms with E-state index >= 15 is 0 Å². The second-order valence-corrected chi connectivity index (χ2v) is 9.18. The first-order valence-corrected chi connectivity index (χ1v) is 12.1. The van der Waals surface area contributed by atoms with Crippen molar-refractivity contribution in [3.8, 4) is 0 Å². The maximum atomic E-state index is 13.8. The number of halogens is 2. The first kappa shape index (κ1) is 23.0. The lowest BCUT2D eigenvalue weighted by Crippen LogP contribution is -2.43. The van der Waals surface area contributed by atoms with E-state index < -0.39 is 12.0 Å². The molecule has 2 aliphatic rings. The van der Waals surface area contributed by atoms with Crippen LogP contribution in [0.1, 0.15) is 29.2 Å². The summed E-state index contributed by atoms with van der Waals surface area (Å²) in [6.45, 7) is 7.24. The number of carbonyl (C=O) groups is 1. The fraction of sp³-hybridized carbons (Fsp3) is 0.409. The number of hydrogen-bond acceptors (Lipinski definition) is 8. The molecule has 1 atom stereocenters. The van der Waals surface area contributed by atoms with Crippen LogP contribution in [0.5, 0.6) is 0 Å². The number of esters is 1. The number of nitrogens with one attached hydrogen (secondary N) is 1. The van der Waals surface area contributed by atoms with Gasteiger partial charge in [-0.1, -0.05) is 22.0 Å². The van der Waals surface area contributed by atoms with Crippen LogP contribution in [0.4, 0.5) is 4.39 Å². The van der Waals surface area contributed by atoms with Crippen LogP contribution in [0.15, 0.2) is 44.3 Å². The Hall–Kier alpha value is -2.14. The highest BCUT2D eigenvalue weighted by atomic mass is 79.9. The number of thiazole rings is 1. The summed E-state index contributed by atoms with van der Waals surface area (Å²) < 4.78 is 25.2. The summed E-state index contributed by atoms with van der Waals surface area (Å²) in [5.41, 5.74) is 2.71. The summed E-state index contributed by atoms with van der Waals surface area (Å²) >= 11 is 4.93. The van der Waals surface area contributed by atoms with Gasteiger partial charge in [-0.25, -0.2) is 14.2 Å². The summed E-state index contributed by atoms with van der Waals surface area (Å²) in [7, 11) is 0. The minimum Gasteiger partial charge on any atom is -0.463 e. The van der Waals surface area contributed by atoms with Gasteiger partial charge < -0.3 is 14.8 Å². The highest BCUT2D eigenvalue weighted by Gasteiger charge is 2.34. The third-order valence-electron chi connectivity index (χ3n) is 5.19. The van der Waals surface area contributed by atoms with Crippen molar-refractivity contribution >= 4 is 39.1 Å². The van der Waals surface area contributed by atoms with Crippen LogP contribution >= 0.6 is 27.3 Å². The van der Waals surface area contributed by atoms with Gasteiger partial charge in [-0.05, 0) is 31.5 Å². The lowest BCUT2D eigenvalue weighted by molar-refractivity contribution is -0.139. The largest absolute Gasteiger partial charge is 0.463 e. The standard InChI is InChI=1S/C22H24BrFN4O3S/c1-3-31-22(29)18-17(11-28-6-8-30-9-7-28)26-20(21-25-13(2)12-32-21)27-19(18)15-5-4-14(24)10-16(15)23/h4-5,10,12,19H,3,6-9,11H2,1-2H3,(H,26,27)/t19-/m0/s1. The lowest BCUT2D eigenvalue weighted by Gasteiger charge is -2.32. The molecule has 0 aliphatic carbocycles. The number of aromatic nitrogens is 1. The average Bonchev–Trinajstić information content (AvgIpc) is 3.20. The Morgan fingerprint density at radius 1 is 1.41 bits per heavy atom. The van der Waals surface area contributed by atoms with Crippen LogP contribution in [-0.4, -0.2) is 61.1 Å². The summed E-state index contributed by atoms with van der Waals surface area (Å²) in [6, 6.07) is 3.73. The Bertz CT molecular complexity index is 1070. The molecule has 0 amide bonds. The van der Waals surface area contributed by atoms with E-state index in [2.05, 4.69) is 31.1 Å². The maximum absolute atomic E-state index is 13.8. The van der Waals surface area contributed by atoms with Gasteiger partial charge in [-0.3, -0.25) is 9.89 Å². The predicted molar refractivity (Wildman–Crippen MR) is 124 cm³/mol. The molecule has 0 bridgehead atoms. The molecule has 1 saturated heterocycles. The van der Waals surface area contributed by atoms with Gasteiger partial charge in [0, 0.05) is 40.9 Å². The van der Waals surface area contributed by atoms with Crippen molar-refractivity contribution in [1.82, 2.24) is 15.2 Å². The molecule has 7 nitrogen and oxygen atoms in total. The van der Waals surface area contributed by atoms with Crippen molar-refractivity contribution in [2.75, 3.05) is 39.5 Å². The van der Waals surface area contributed by atoms with Crippen LogP contribution in [0, 0.1) is 12.7 Å². The number of amidine groups is 1. The molecule has 0 unspecified atom stereocenters. The maximum Gasteiger partial charge on any atom is 0.338 e. The minimum atomic E-state index is -0.666. The molecule has 0 radical (unpaired) electrons. The Morgan fingerprint density at radius 2 is 2.19 bits per heavy atom. The summed E-state index contributed by atoms with van der Waals surface area (Å²) in [4.78, 5) is 24.8. The van der Waals surface area contributed by atoms with Gasteiger partial charge in [-0.15, -0.1) is 11.3 Å². The van der Waals surface area contributed by atoms with Gasteiger partial charge >= 0.3 is 5.97 Å². The molecule has 10 heteroatoms. The number of morpholine rings is 1. The van der Waals surface area contributed by atoms with Crippen molar-refractivity contribution in [2.24, 2.45) is 4.99 Å². The number of nitrogens with zero attached hydrogens (tertiary/aromatic N) is 3. The lowest BCUT2D eigenvalue weighted by atomic mass is 9.95. The quantitative estimate of drug-likeness (QED) is 0.584. The zero-order valence-electron chi connectivity index (χ0n) is 17.9. The van der Waals surface area contributed by atoms with Gasteiger partial charge in [0.25, 0.3) is 0 Å². The van der Waals surface area contributed by atoms with Crippen molar-refractivity contribution < 1.29 is 18.7 Å². The highest BCUT2D eigenvalue weighted by molar-refractivity contribution is 9.10. The molecule has 0 spiro atoms. The Labute approximate surface area is 198 Å². The molecule has 2 aliphatic heterocycles. The first-order chi connectivity index (χ1) is 15.5. The number of aryl methyl sites for hydroxylation is 1. The van der Waals surface area contributed by atoms with E-state index in [-0.39, 0.29) is 12.4 Å². The van der Waals surface area contributed by atoms with Crippen LogP contribution in [0.3, 0.4) is 0 Å². The number of benzene rings is 1. The Kier molecular flexibility index (Phi) is 7.34. The molecule has 32 heavy (non-hydrogen) atoms. The Morgan fingerprint density at radius 3 is 2.84 bits per heavy atom. The van der Waals surface area contributed by atoms with Crippen LogP contribution in [-0.2, 0) is 14.3 Å². The van der Waals surface area contributed by atoms with Gasteiger partial charge in [-0.2, -0.15) is 0 Å². The van der Waals surface area contributed by atoms with Crippen LogP contribution in [0.25, 0.3) is 0 Å². The molecular formula is C22H24BrFN4O3S. The van der Waals surface area contributed by atoms with Gasteiger partial charge in [0.05, 0.1) is 25.4 Å². The molecule has 170 valence electrons. The molecule has 1 aromatic heterocycles. The van der Waals surface area contributed by atoms with E-state index in [9.17, 15) is 9.18 Å². The second kappa shape index (κ2) is 10.2. The third-order valence-corrected chi connectivity index (χ3v) is 6.84. The molecular weight excluding hydrogens is 499 g/mol. The van der Waals surface area contributed by atoms with Crippen molar-refractivity contribution in [2.45, 2.75) is 19.9 Å². The number of carbonyl (C=O) groups excluding carboxylic acids is 1. The fourth-order valence-electron chi connectivity index (χ4n) is 3.67. The first-order valence-electron chi connectivity index (χ1n) is 10.4. The number of ether oxygens (including phenoxy) is 2. The van der Waals surface area contributed by atoms with Crippen molar-refractivity contribution in [3.05, 3.63) is 61.4 Å². The summed E-state index contributed by atoms with van der Waals surface area (Å²) in [5.74, 6) is -0.229. The van der Waals surface area contributed by atoms with E-state index in [1.807, 2.05) is 12.3 Å².